The maximum Gasteiger partial charge on any atom is 0.317 e. The van der Waals surface area contributed by atoms with E-state index in [1.807, 2.05) is 0 Å². The van der Waals surface area contributed by atoms with Crippen molar-refractivity contribution in [1.82, 2.24) is 4.90 Å². The van der Waals surface area contributed by atoms with Gasteiger partial charge in [0.05, 0.1) is 6.54 Å². The quantitative estimate of drug-likeness (QED) is 0.693. The van der Waals surface area contributed by atoms with Crippen LogP contribution in [0.25, 0.3) is 0 Å². The van der Waals surface area contributed by atoms with Crippen molar-refractivity contribution in [2.45, 2.75) is 45.2 Å². The molecular weight excluding hydrogens is 154 g/mol. The first-order valence-corrected chi connectivity index (χ1v) is 4.59. The third-order valence-electron chi connectivity index (χ3n) is 2.52. The number of hydrogen-bond donors (Lipinski definition) is 1. The van der Waals surface area contributed by atoms with E-state index in [2.05, 4.69) is 18.7 Å². The first-order valence-electron chi connectivity index (χ1n) is 4.59. The van der Waals surface area contributed by atoms with E-state index < -0.39 is 5.97 Å². The SMILES string of the molecule is CC(C)N(CC(=O)O)C1CCC1. The summed E-state index contributed by atoms with van der Waals surface area (Å²) < 4.78 is 0. The summed E-state index contributed by atoms with van der Waals surface area (Å²) in [4.78, 5) is 12.6. The lowest BCUT2D eigenvalue weighted by molar-refractivity contribution is -0.140. The number of carboxylic acid groups (broad SMARTS) is 1. The fraction of sp³-hybridized carbons (Fsp3) is 0.889. The Bertz CT molecular complexity index is 164. The minimum absolute atomic E-state index is 0.197. The van der Waals surface area contributed by atoms with Crippen molar-refractivity contribution in [3.05, 3.63) is 0 Å². The number of carbonyl (C=O) groups is 1. The Hall–Kier alpha value is -0.570. The molecule has 0 amide bonds. The second-order valence-corrected chi connectivity index (χ2v) is 3.74. The molecule has 0 radical (unpaired) electrons. The zero-order valence-electron chi connectivity index (χ0n) is 7.79. The summed E-state index contributed by atoms with van der Waals surface area (Å²) in [6, 6.07) is 0.882. The van der Waals surface area contributed by atoms with Gasteiger partial charge in [-0.05, 0) is 26.7 Å². The highest BCUT2D eigenvalue weighted by molar-refractivity contribution is 5.69. The molecule has 1 rings (SSSR count). The molecule has 3 nitrogen and oxygen atoms in total. The molecule has 0 saturated heterocycles. The van der Waals surface area contributed by atoms with Crippen molar-refractivity contribution in [1.29, 1.82) is 0 Å². The third kappa shape index (κ3) is 2.21. The van der Waals surface area contributed by atoms with Crippen LogP contribution in [0.3, 0.4) is 0 Å². The molecule has 70 valence electrons. The van der Waals surface area contributed by atoms with E-state index in [1.54, 1.807) is 0 Å². The van der Waals surface area contributed by atoms with E-state index in [9.17, 15) is 4.79 Å². The van der Waals surface area contributed by atoms with Crippen molar-refractivity contribution < 1.29 is 9.90 Å². The highest BCUT2D eigenvalue weighted by atomic mass is 16.4. The number of rotatable bonds is 4. The average Bonchev–Trinajstić information content (AvgIpc) is 1.80. The molecule has 0 unspecified atom stereocenters. The monoisotopic (exact) mass is 171 g/mol. The van der Waals surface area contributed by atoms with Crippen LogP contribution in [0.4, 0.5) is 0 Å². The molecule has 1 fully saturated rings. The van der Waals surface area contributed by atoms with Gasteiger partial charge < -0.3 is 5.11 Å². The van der Waals surface area contributed by atoms with Gasteiger partial charge in [-0.1, -0.05) is 6.42 Å². The van der Waals surface area contributed by atoms with Gasteiger partial charge in [0, 0.05) is 12.1 Å². The predicted molar refractivity (Wildman–Crippen MR) is 47.1 cm³/mol. The molecule has 0 atom stereocenters. The fourth-order valence-corrected chi connectivity index (χ4v) is 1.61. The molecule has 0 aromatic rings. The molecule has 0 aromatic carbocycles. The lowest BCUT2D eigenvalue weighted by atomic mass is 9.90. The molecule has 12 heavy (non-hydrogen) atoms. The Morgan fingerprint density at radius 2 is 2.17 bits per heavy atom. The topological polar surface area (TPSA) is 40.5 Å². The molecule has 3 heteroatoms. The molecule has 0 aromatic heterocycles. The summed E-state index contributed by atoms with van der Waals surface area (Å²) in [7, 11) is 0. The van der Waals surface area contributed by atoms with Gasteiger partial charge in [0.15, 0.2) is 0 Å². The second-order valence-electron chi connectivity index (χ2n) is 3.74. The Morgan fingerprint density at radius 3 is 2.42 bits per heavy atom. The van der Waals surface area contributed by atoms with Gasteiger partial charge in [-0.25, -0.2) is 0 Å². The summed E-state index contributed by atoms with van der Waals surface area (Å²) in [6.45, 7) is 4.31. The Labute approximate surface area is 73.4 Å². The average molecular weight is 171 g/mol. The van der Waals surface area contributed by atoms with Gasteiger partial charge in [-0.2, -0.15) is 0 Å². The summed E-state index contributed by atoms with van der Waals surface area (Å²) in [5, 5.41) is 8.66. The molecule has 1 saturated carbocycles. The standard InChI is InChI=1S/C9H17NO2/c1-7(2)10(6-9(11)12)8-4-3-5-8/h7-8H,3-6H2,1-2H3,(H,11,12). The van der Waals surface area contributed by atoms with Crippen molar-refractivity contribution in [2.75, 3.05) is 6.54 Å². The Morgan fingerprint density at radius 1 is 1.58 bits per heavy atom. The van der Waals surface area contributed by atoms with Crippen LogP contribution in [0.1, 0.15) is 33.1 Å². The molecule has 1 N–H and O–H groups in total. The van der Waals surface area contributed by atoms with E-state index >= 15 is 0 Å². The molecule has 0 heterocycles. The van der Waals surface area contributed by atoms with Gasteiger partial charge in [0.25, 0.3) is 0 Å². The van der Waals surface area contributed by atoms with Gasteiger partial charge >= 0.3 is 5.97 Å². The summed E-state index contributed by atoms with van der Waals surface area (Å²) >= 11 is 0. The van der Waals surface area contributed by atoms with Crippen LogP contribution in [0.15, 0.2) is 0 Å². The van der Waals surface area contributed by atoms with E-state index in [-0.39, 0.29) is 6.54 Å². The largest absolute Gasteiger partial charge is 0.480 e. The molecule has 1 aliphatic carbocycles. The minimum Gasteiger partial charge on any atom is -0.480 e. The van der Waals surface area contributed by atoms with E-state index in [0.717, 1.165) is 0 Å². The van der Waals surface area contributed by atoms with Gasteiger partial charge in [-0.3, -0.25) is 9.69 Å². The van der Waals surface area contributed by atoms with Crippen LogP contribution in [0.2, 0.25) is 0 Å². The Balaban J connectivity index is 2.42. The van der Waals surface area contributed by atoms with Crippen LogP contribution >= 0.6 is 0 Å². The summed E-state index contributed by atoms with van der Waals surface area (Å²) in [6.07, 6.45) is 3.60. The zero-order chi connectivity index (χ0) is 9.14. The van der Waals surface area contributed by atoms with Crippen molar-refractivity contribution in [2.24, 2.45) is 0 Å². The van der Waals surface area contributed by atoms with Crippen molar-refractivity contribution in [3.63, 3.8) is 0 Å². The first-order chi connectivity index (χ1) is 5.61. The van der Waals surface area contributed by atoms with Crippen LogP contribution < -0.4 is 0 Å². The van der Waals surface area contributed by atoms with Crippen molar-refractivity contribution >= 4 is 5.97 Å². The van der Waals surface area contributed by atoms with E-state index in [4.69, 9.17) is 5.11 Å². The van der Waals surface area contributed by atoms with Gasteiger partial charge in [0.2, 0.25) is 0 Å². The highest BCUT2D eigenvalue weighted by Crippen LogP contribution is 2.25. The van der Waals surface area contributed by atoms with Crippen molar-refractivity contribution in [3.8, 4) is 0 Å². The smallest absolute Gasteiger partial charge is 0.317 e. The molecule has 0 aliphatic heterocycles. The van der Waals surface area contributed by atoms with Crippen LogP contribution in [0.5, 0.6) is 0 Å². The second kappa shape index (κ2) is 3.90. The van der Waals surface area contributed by atoms with E-state index in [0.29, 0.717) is 12.1 Å². The van der Waals surface area contributed by atoms with Crippen LogP contribution in [-0.2, 0) is 4.79 Å². The highest BCUT2D eigenvalue weighted by Gasteiger charge is 2.27. The van der Waals surface area contributed by atoms with Crippen LogP contribution in [0, 0.1) is 0 Å². The fourth-order valence-electron chi connectivity index (χ4n) is 1.61. The zero-order valence-corrected chi connectivity index (χ0v) is 7.79. The lowest BCUT2D eigenvalue weighted by Gasteiger charge is -2.39. The molecule has 0 bridgehead atoms. The number of aliphatic carboxylic acids is 1. The normalized spacial score (nSPS) is 18.3. The summed E-state index contributed by atoms with van der Waals surface area (Å²) in [5.74, 6) is -0.712. The molecular formula is C9H17NO2. The maximum atomic E-state index is 10.5. The first kappa shape index (κ1) is 9.52. The number of hydrogen-bond acceptors (Lipinski definition) is 2. The molecule has 1 aliphatic rings. The lowest BCUT2D eigenvalue weighted by Crippen LogP contribution is -2.46. The van der Waals surface area contributed by atoms with Gasteiger partial charge in [-0.15, -0.1) is 0 Å². The van der Waals surface area contributed by atoms with E-state index in [1.165, 1.54) is 19.3 Å². The maximum absolute atomic E-state index is 10.5. The molecule has 0 spiro atoms. The number of carboxylic acids is 1. The number of nitrogens with zero attached hydrogens (tertiary/aromatic N) is 1. The third-order valence-corrected chi connectivity index (χ3v) is 2.52. The minimum atomic E-state index is -0.712. The van der Waals surface area contributed by atoms with Crippen LogP contribution in [-0.4, -0.2) is 34.6 Å². The van der Waals surface area contributed by atoms with Gasteiger partial charge in [0.1, 0.15) is 0 Å². The summed E-state index contributed by atoms with van der Waals surface area (Å²) in [5.41, 5.74) is 0. The predicted octanol–water partition coefficient (Wildman–Crippen LogP) is 1.33. The Kier molecular flexibility index (Phi) is 3.09.